The third kappa shape index (κ3) is 4.44. The number of ether oxygens (including phenoxy) is 2. The average molecular weight is 514 g/mol. The number of aryl methyl sites for hydroxylation is 3. The first-order valence-electron chi connectivity index (χ1n) is 13.1. The highest BCUT2D eigenvalue weighted by Crippen LogP contribution is 2.39. The van der Waals surface area contributed by atoms with Gasteiger partial charge in [-0.1, -0.05) is 0 Å². The summed E-state index contributed by atoms with van der Waals surface area (Å²) in [6.07, 6.45) is 0. The van der Waals surface area contributed by atoms with Crippen LogP contribution in [0.5, 0.6) is 11.5 Å². The van der Waals surface area contributed by atoms with Gasteiger partial charge in [0.05, 0.1) is 25.1 Å². The predicted molar refractivity (Wildman–Crippen MR) is 152 cm³/mol. The number of nitrogens with zero attached hydrogens (tertiary/aromatic N) is 5. The first kappa shape index (κ1) is 25.6. The maximum Gasteiger partial charge on any atom is 0.161 e. The molecule has 1 saturated heterocycles. The zero-order valence-corrected chi connectivity index (χ0v) is 23.0. The van der Waals surface area contributed by atoms with Crippen LogP contribution in [0.25, 0.3) is 16.5 Å². The van der Waals surface area contributed by atoms with E-state index in [0.717, 1.165) is 88.3 Å². The second-order valence-electron chi connectivity index (χ2n) is 9.71. The van der Waals surface area contributed by atoms with Crippen LogP contribution in [0.3, 0.4) is 0 Å². The van der Waals surface area contributed by atoms with E-state index in [0.29, 0.717) is 6.61 Å². The third-order valence-corrected chi connectivity index (χ3v) is 7.45. The van der Waals surface area contributed by atoms with Gasteiger partial charge in [0.25, 0.3) is 0 Å². The van der Waals surface area contributed by atoms with Crippen LogP contribution in [-0.4, -0.2) is 60.4 Å². The van der Waals surface area contributed by atoms with Crippen molar-refractivity contribution in [1.29, 1.82) is 0 Å². The van der Waals surface area contributed by atoms with Crippen LogP contribution in [0.4, 0.5) is 11.5 Å². The van der Waals surface area contributed by atoms with Gasteiger partial charge in [0.2, 0.25) is 0 Å². The van der Waals surface area contributed by atoms with Gasteiger partial charge in [-0.3, -0.25) is 4.79 Å². The number of piperazine rings is 1. The highest BCUT2D eigenvalue weighted by molar-refractivity contribution is 5.99. The van der Waals surface area contributed by atoms with Crippen molar-refractivity contribution in [1.82, 2.24) is 14.8 Å². The number of hydrogen-bond acceptors (Lipinski definition) is 7. The molecule has 3 heterocycles. The maximum atomic E-state index is 11.6. The molecule has 1 aliphatic heterocycles. The Morgan fingerprint density at radius 3 is 2.18 bits per heavy atom. The van der Waals surface area contributed by atoms with Crippen LogP contribution in [-0.2, 0) is 0 Å². The van der Waals surface area contributed by atoms with Crippen molar-refractivity contribution in [2.45, 2.75) is 34.6 Å². The highest BCUT2D eigenvalue weighted by Gasteiger charge is 2.26. The summed E-state index contributed by atoms with van der Waals surface area (Å²) in [5.74, 6) is 2.55. The quantitative estimate of drug-likeness (QED) is 0.311. The Hall–Kier alpha value is -4.07. The Kier molecular flexibility index (Phi) is 6.97. The minimum atomic E-state index is 0.0868. The lowest BCUT2D eigenvalue weighted by Gasteiger charge is -2.37. The molecule has 0 spiro atoms. The monoisotopic (exact) mass is 513 g/mol. The summed E-state index contributed by atoms with van der Waals surface area (Å²) < 4.78 is 13.7. The Morgan fingerprint density at radius 1 is 0.895 bits per heavy atom. The molecule has 1 fully saturated rings. The number of Topliss-reactive ketones (excluding diaryl/α,β-unsaturated/α-hetero) is 1. The van der Waals surface area contributed by atoms with Gasteiger partial charge in [0.1, 0.15) is 11.5 Å². The van der Waals surface area contributed by atoms with Crippen molar-refractivity contribution in [2.24, 2.45) is 0 Å². The molecule has 0 atom stereocenters. The van der Waals surface area contributed by atoms with Gasteiger partial charge in [0, 0.05) is 65.7 Å². The molecule has 8 heteroatoms. The summed E-state index contributed by atoms with van der Waals surface area (Å²) >= 11 is 0. The summed E-state index contributed by atoms with van der Waals surface area (Å²) in [5.41, 5.74) is 5.97. The van der Waals surface area contributed by atoms with E-state index in [2.05, 4.69) is 39.4 Å². The zero-order chi connectivity index (χ0) is 27.0. The summed E-state index contributed by atoms with van der Waals surface area (Å²) in [6, 6.07) is 13.9. The topological polar surface area (TPSA) is 72.7 Å². The fourth-order valence-corrected chi connectivity index (χ4v) is 5.54. The zero-order valence-electron chi connectivity index (χ0n) is 23.0. The molecule has 1 aliphatic rings. The Bertz CT molecular complexity index is 1480. The molecule has 2 aromatic heterocycles. The molecule has 5 rings (SSSR count). The van der Waals surface area contributed by atoms with Gasteiger partial charge in [-0.25, -0.2) is 0 Å². The number of fused-ring (bicyclic) bond motifs is 1. The van der Waals surface area contributed by atoms with Gasteiger partial charge in [-0.2, -0.15) is 5.10 Å². The molecule has 0 N–H and O–H groups in total. The molecule has 38 heavy (non-hydrogen) atoms. The van der Waals surface area contributed by atoms with Crippen LogP contribution < -0.4 is 19.3 Å². The van der Waals surface area contributed by atoms with E-state index in [9.17, 15) is 4.79 Å². The van der Waals surface area contributed by atoms with Crippen molar-refractivity contribution in [3.63, 3.8) is 0 Å². The van der Waals surface area contributed by atoms with Crippen molar-refractivity contribution in [2.75, 3.05) is 49.7 Å². The molecule has 2 aromatic carbocycles. The molecular weight excluding hydrogens is 478 g/mol. The smallest absolute Gasteiger partial charge is 0.161 e. The van der Waals surface area contributed by atoms with Crippen LogP contribution in [0.15, 0.2) is 42.5 Å². The number of carbonyl (C=O) groups is 1. The molecule has 4 aromatic rings. The number of methoxy groups -OCH3 is 1. The SMILES string of the molecule is CCOc1ccc(-n2c(C)c3c(C)nnc(N4CCN(c5ccc(C(C)=O)cc5)CC4)c3c2C)c(OC)c1. The minimum absolute atomic E-state index is 0.0868. The Balaban J connectivity index is 1.49. The molecule has 198 valence electrons. The van der Waals surface area contributed by atoms with Crippen LogP contribution in [0, 0.1) is 20.8 Å². The van der Waals surface area contributed by atoms with E-state index in [-0.39, 0.29) is 5.78 Å². The summed E-state index contributed by atoms with van der Waals surface area (Å²) in [4.78, 5) is 16.3. The summed E-state index contributed by atoms with van der Waals surface area (Å²) in [5, 5.41) is 11.5. The largest absolute Gasteiger partial charge is 0.494 e. The number of carbonyl (C=O) groups excluding carboxylic acids is 1. The number of aromatic nitrogens is 3. The molecule has 0 saturated carbocycles. The lowest BCUT2D eigenvalue weighted by Crippen LogP contribution is -2.47. The molecule has 0 unspecified atom stereocenters. The second kappa shape index (κ2) is 10.4. The third-order valence-electron chi connectivity index (χ3n) is 7.45. The maximum absolute atomic E-state index is 11.6. The van der Waals surface area contributed by atoms with E-state index in [1.165, 1.54) is 0 Å². The van der Waals surface area contributed by atoms with Crippen molar-refractivity contribution < 1.29 is 14.3 Å². The first-order valence-corrected chi connectivity index (χ1v) is 13.1. The molecule has 0 aliphatic carbocycles. The fraction of sp³-hybridized carbons (Fsp3) is 0.367. The van der Waals surface area contributed by atoms with E-state index in [1.807, 2.05) is 50.2 Å². The summed E-state index contributed by atoms with van der Waals surface area (Å²) in [7, 11) is 1.69. The van der Waals surface area contributed by atoms with E-state index in [4.69, 9.17) is 14.6 Å². The van der Waals surface area contributed by atoms with Crippen LogP contribution in [0.1, 0.15) is 41.3 Å². The Labute approximate surface area is 223 Å². The van der Waals surface area contributed by atoms with Crippen molar-refractivity contribution in [3.05, 3.63) is 65.1 Å². The van der Waals surface area contributed by atoms with E-state index in [1.54, 1.807) is 14.0 Å². The molecule has 0 bridgehead atoms. The normalized spacial score (nSPS) is 13.7. The van der Waals surface area contributed by atoms with Crippen molar-refractivity contribution >= 4 is 28.1 Å². The minimum Gasteiger partial charge on any atom is -0.494 e. The highest BCUT2D eigenvalue weighted by atomic mass is 16.5. The average Bonchev–Trinajstić information content (AvgIpc) is 3.20. The predicted octanol–water partition coefficient (Wildman–Crippen LogP) is 5.28. The van der Waals surface area contributed by atoms with E-state index < -0.39 is 0 Å². The molecular formula is C30H35N5O3. The van der Waals surface area contributed by atoms with Crippen molar-refractivity contribution in [3.8, 4) is 17.2 Å². The summed E-state index contributed by atoms with van der Waals surface area (Å²) in [6.45, 7) is 13.9. The number of anilines is 2. The van der Waals surface area contributed by atoms with Gasteiger partial charge in [-0.05, 0) is 71.0 Å². The number of ketones is 1. The molecule has 0 amide bonds. The Morgan fingerprint density at radius 2 is 1.55 bits per heavy atom. The van der Waals surface area contributed by atoms with Crippen LogP contribution in [0.2, 0.25) is 0 Å². The molecule has 0 radical (unpaired) electrons. The van der Waals surface area contributed by atoms with Gasteiger partial charge in [-0.15, -0.1) is 5.10 Å². The lowest BCUT2D eigenvalue weighted by atomic mass is 10.1. The fourth-order valence-electron chi connectivity index (χ4n) is 5.54. The van der Waals surface area contributed by atoms with Gasteiger partial charge in [0.15, 0.2) is 11.6 Å². The van der Waals surface area contributed by atoms with E-state index >= 15 is 0 Å². The second-order valence-corrected chi connectivity index (χ2v) is 9.71. The molecule has 8 nitrogen and oxygen atoms in total. The first-order chi connectivity index (χ1) is 18.3. The van der Waals surface area contributed by atoms with Crippen LogP contribution >= 0.6 is 0 Å². The standard InChI is InChI=1S/C30H35N5O3/c1-7-38-25-12-13-26(27(18-25)37-6)35-20(3)28-19(2)31-32-30(29(28)21(35)4)34-16-14-33(15-17-34)24-10-8-23(9-11-24)22(5)36/h8-13,18H,7,14-17H2,1-6H3. The van der Waals surface area contributed by atoms with Gasteiger partial charge >= 0.3 is 0 Å². The lowest BCUT2D eigenvalue weighted by molar-refractivity contribution is 0.101. The number of hydrogen-bond donors (Lipinski definition) is 0. The number of benzene rings is 2. The van der Waals surface area contributed by atoms with Gasteiger partial charge < -0.3 is 23.8 Å². The number of rotatable bonds is 7.